The monoisotopic (exact) mass is 348 g/mol. The van der Waals surface area contributed by atoms with E-state index < -0.39 is 0 Å². The third-order valence-electron chi connectivity index (χ3n) is 4.95. The van der Waals surface area contributed by atoms with Gasteiger partial charge in [-0.2, -0.15) is 0 Å². The summed E-state index contributed by atoms with van der Waals surface area (Å²) in [6.45, 7) is 8.86. The van der Waals surface area contributed by atoms with Gasteiger partial charge in [0, 0.05) is 32.1 Å². The average molecular weight is 348 g/mol. The molecular weight excluding hydrogens is 320 g/mol. The van der Waals surface area contributed by atoms with E-state index in [0.717, 1.165) is 50.5 Å². The molecule has 0 bridgehead atoms. The normalized spacial score (nSPS) is 19.2. The van der Waals surface area contributed by atoms with Gasteiger partial charge >= 0.3 is 6.03 Å². The molecule has 25 heavy (non-hydrogen) atoms. The van der Waals surface area contributed by atoms with Gasteiger partial charge in [-0.05, 0) is 38.8 Å². The SMILES string of the molecule is CCN(CC)c1ccc(NC(=O)N2CCC(C3OCCO3)CC2)cn1. The Bertz CT molecular complexity index is 548. The molecule has 3 heterocycles. The summed E-state index contributed by atoms with van der Waals surface area (Å²) in [4.78, 5) is 20.9. The van der Waals surface area contributed by atoms with Crippen LogP contribution in [0.1, 0.15) is 26.7 Å². The third-order valence-corrected chi connectivity index (χ3v) is 4.95. The predicted octanol–water partition coefficient (Wildman–Crippen LogP) is 2.54. The minimum absolute atomic E-state index is 0.0657. The lowest BCUT2D eigenvalue weighted by Gasteiger charge is -2.33. The Balaban J connectivity index is 1.49. The smallest absolute Gasteiger partial charge is 0.321 e. The van der Waals surface area contributed by atoms with Crippen molar-refractivity contribution in [3.8, 4) is 0 Å². The quantitative estimate of drug-likeness (QED) is 0.886. The van der Waals surface area contributed by atoms with Crippen LogP contribution in [-0.2, 0) is 9.47 Å². The Kier molecular flexibility index (Phi) is 6.09. The largest absolute Gasteiger partial charge is 0.357 e. The molecule has 2 amide bonds. The van der Waals surface area contributed by atoms with E-state index in [1.54, 1.807) is 6.20 Å². The number of likely N-dealkylation sites (tertiary alicyclic amines) is 1. The molecule has 2 aliphatic rings. The molecule has 0 saturated carbocycles. The van der Waals surface area contributed by atoms with E-state index in [1.165, 1.54) is 0 Å². The summed E-state index contributed by atoms with van der Waals surface area (Å²) in [5, 5.41) is 2.94. The van der Waals surface area contributed by atoms with Crippen LogP contribution < -0.4 is 10.2 Å². The van der Waals surface area contributed by atoms with Crippen molar-refractivity contribution in [1.29, 1.82) is 0 Å². The van der Waals surface area contributed by atoms with Gasteiger partial charge in [-0.15, -0.1) is 0 Å². The zero-order chi connectivity index (χ0) is 17.6. The molecule has 7 heteroatoms. The molecule has 0 spiro atoms. The zero-order valence-corrected chi connectivity index (χ0v) is 15.1. The Hall–Kier alpha value is -1.86. The molecule has 0 radical (unpaired) electrons. The number of hydrogen-bond acceptors (Lipinski definition) is 5. The molecule has 7 nitrogen and oxygen atoms in total. The fourth-order valence-electron chi connectivity index (χ4n) is 3.42. The topological polar surface area (TPSA) is 66.9 Å². The number of carbonyl (C=O) groups is 1. The minimum atomic E-state index is -0.0815. The maximum absolute atomic E-state index is 12.4. The molecule has 138 valence electrons. The lowest BCUT2D eigenvalue weighted by atomic mass is 9.96. The second kappa shape index (κ2) is 8.49. The van der Waals surface area contributed by atoms with Crippen molar-refractivity contribution in [2.75, 3.05) is 49.6 Å². The van der Waals surface area contributed by atoms with E-state index in [2.05, 4.69) is 29.0 Å². The Morgan fingerprint density at radius 3 is 2.48 bits per heavy atom. The van der Waals surface area contributed by atoms with Gasteiger partial charge in [0.2, 0.25) is 0 Å². The van der Waals surface area contributed by atoms with Crippen molar-refractivity contribution in [3.05, 3.63) is 18.3 Å². The number of rotatable bonds is 5. The molecule has 0 unspecified atom stereocenters. The second-order valence-corrected chi connectivity index (χ2v) is 6.44. The Morgan fingerprint density at radius 2 is 1.92 bits per heavy atom. The second-order valence-electron chi connectivity index (χ2n) is 6.44. The van der Waals surface area contributed by atoms with Gasteiger partial charge in [-0.25, -0.2) is 9.78 Å². The van der Waals surface area contributed by atoms with Gasteiger partial charge in [0.1, 0.15) is 5.82 Å². The summed E-state index contributed by atoms with van der Waals surface area (Å²) < 4.78 is 11.2. The van der Waals surface area contributed by atoms with Crippen LogP contribution in [0.3, 0.4) is 0 Å². The molecule has 2 saturated heterocycles. The molecule has 3 rings (SSSR count). The van der Waals surface area contributed by atoms with E-state index in [9.17, 15) is 4.79 Å². The van der Waals surface area contributed by atoms with Crippen molar-refractivity contribution in [2.24, 2.45) is 5.92 Å². The molecule has 0 aromatic carbocycles. The molecule has 2 aliphatic heterocycles. The van der Waals surface area contributed by atoms with E-state index in [0.29, 0.717) is 19.1 Å². The summed E-state index contributed by atoms with van der Waals surface area (Å²) in [5.41, 5.74) is 0.727. The molecule has 0 atom stereocenters. The van der Waals surface area contributed by atoms with Crippen molar-refractivity contribution in [3.63, 3.8) is 0 Å². The van der Waals surface area contributed by atoms with Gasteiger partial charge in [0.15, 0.2) is 6.29 Å². The highest BCUT2D eigenvalue weighted by Gasteiger charge is 2.31. The van der Waals surface area contributed by atoms with Crippen LogP contribution in [-0.4, -0.2) is 61.6 Å². The fourth-order valence-corrected chi connectivity index (χ4v) is 3.42. The summed E-state index contributed by atoms with van der Waals surface area (Å²) in [5.74, 6) is 1.32. The number of amides is 2. The van der Waals surface area contributed by atoms with Gasteiger partial charge < -0.3 is 24.6 Å². The first-order valence-corrected chi connectivity index (χ1v) is 9.21. The number of ether oxygens (including phenoxy) is 2. The number of nitrogens with one attached hydrogen (secondary N) is 1. The number of hydrogen-bond donors (Lipinski definition) is 1. The van der Waals surface area contributed by atoms with Crippen molar-refractivity contribution >= 4 is 17.5 Å². The number of anilines is 2. The number of piperidine rings is 1. The zero-order valence-electron chi connectivity index (χ0n) is 15.1. The third kappa shape index (κ3) is 4.41. The fraction of sp³-hybridized carbons (Fsp3) is 0.667. The standard InChI is InChI=1S/C18H28N4O3/c1-3-21(4-2)16-6-5-15(13-19-16)20-18(23)22-9-7-14(8-10-22)17-24-11-12-25-17/h5-6,13-14,17H,3-4,7-12H2,1-2H3,(H,20,23). The highest BCUT2D eigenvalue weighted by molar-refractivity contribution is 5.89. The molecule has 0 aliphatic carbocycles. The van der Waals surface area contributed by atoms with Gasteiger partial charge in [-0.3, -0.25) is 0 Å². The summed E-state index contributed by atoms with van der Waals surface area (Å²) >= 11 is 0. The molecular formula is C18H28N4O3. The van der Waals surface area contributed by atoms with E-state index in [-0.39, 0.29) is 12.3 Å². The van der Waals surface area contributed by atoms with Crippen LogP contribution in [0.25, 0.3) is 0 Å². The number of carbonyl (C=O) groups excluding carboxylic acids is 1. The van der Waals surface area contributed by atoms with Crippen LogP contribution in [0.5, 0.6) is 0 Å². The molecule has 1 N–H and O–H groups in total. The summed E-state index contributed by atoms with van der Waals surface area (Å²) in [6.07, 6.45) is 3.47. The first-order chi connectivity index (χ1) is 12.2. The molecule has 1 aromatic heterocycles. The van der Waals surface area contributed by atoms with Crippen LogP contribution in [0.2, 0.25) is 0 Å². The maximum atomic E-state index is 12.4. The Labute approximate surface area is 149 Å². The molecule has 2 fully saturated rings. The summed E-state index contributed by atoms with van der Waals surface area (Å²) in [7, 11) is 0. The predicted molar refractivity (Wildman–Crippen MR) is 96.8 cm³/mol. The lowest BCUT2D eigenvalue weighted by Crippen LogP contribution is -2.43. The first kappa shape index (κ1) is 17.9. The number of aromatic nitrogens is 1. The van der Waals surface area contributed by atoms with E-state index in [1.807, 2.05) is 17.0 Å². The highest BCUT2D eigenvalue weighted by Crippen LogP contribution is 2.26. The molecule has 1 aromatic rings. The average Bonchev–Trinajstić information content (AvgIpc) is 3.19. The van der Waals surface area contributed by atoms with E-state index in [4.69, 9.17) is 9.47 Å². The highest BCUT2D eigenvalue weighted by atomic mass is 16.7. The van der Waals surface area contributed by atoms with Crippen LogP contribution >= 0.6 is 0 Å². The maximum Gasteiger partial charge on any atom is 0.321 e. The van der Waals surface area contributed by atoms with Crippen molar-refractivity contribution < 1.29 is 14.3 Å². The van der Waals surface area contributed by atoms with Gasteiger partial charge in [-0.1, -0.05) is 0 Å². The first-order valence-electron chi connectivity index (χ1n) is 9.21. The van der Waals surface area contributed by atoms with E-state index >= 15 is 0 Å². The van der Waals surface area contributed by atoms with Crippen LogP contribution in [0.15, 0.2) is 18.3 Å². The van der Waals surface area contributed by atoms with Gasteiger partial charge in [0.05, 0.1) is 25.1 Å². The number of pyridine rings is 1. The summed E-state index contributed by atoms with van der Waals surface area (Å²) in [6, 6.07) is 3.79. The van der Waals surface area contributed by atoms with Crippen LogP contribution in [0.4, 0.5) is 16.3 Å². The van der Waals surface area contributed by atoms with Gasteiger partial charge in [0.25, 0.3) is 0 Å². The minimum Gasteiger partial charge on any atom is -0.357 e. The number of nitrogens with zero attached hydrogens (tertiary/aromatic N) is 3. The lowest BCUT2D eigenvalue weighted by molar-refractivity contribution is -0.0950. The van der Waals surface area contributed by atoms with Crippen molar-refractivity contribution in [2.45, 2.75) is 33.0 Å². The number of urea groups is 1. The van der Waals surface area contributed by atoms with Crippen LogP contribution in [0, 0.1) is 5.92 Å². The van der Waals surface area contributed by atoms with Crippen molar-refractivity contribution in [1.82, 2.24) is 9.88 Å². The Morgan fingerprint density at radius 1 is 1.24 bits per heavy atom.